The SMILES string of the molecule is CCN=C([S-])N/N=C(C)/C(=N/NC([S-])=NCC)c1ccncc1.[Cu+2]. The van der Waals surface area contributed by atoms with Crippen LogP contribution < -0.4 is 10.9 Å². The van der Waals surface area contributed by atoms with E-state index < -0.39 is 0 Å². The number of nitrogens with one attached hydrogen (secondary N) is 2. The largest absolute Gasteiger partial charge is 2.00 e. The molecule has 0 bridgehead atoms. The van der Waals surface area contributed by atoms with Crippen molar-refractivity contribution in [3.8, 4) is 0 Å². The van der Waals surface area contributed by atoms with Crippen molar-refractivity contribution in [2.75, 3.05) is 13.1 Å². The van der Waals surface area contributed by atoms with Crippen molar-refractivity contribution in [2.45, 2.75) is 20.8 Å². The Morgan fingerprint density at radius 2 is 1.50 bits per heavy atom. The number of hydrazone groups is 2. The first-order valence-corrected chi connectivity index (χ1v) is 7.87. The predicted molar refractivity (Wildman–Crippen MR) is 101 cm³/mol. The average molecular weight is 413 g/mol. The third kappa shape index (κ3) is 8.30. The molecule has 0 aliphatic rings. The van der Waals surface area contributed by atoms with E-state index >= 15 is 0 Å². The molecule has 0 spiro atoms. The van der Waals surface area contributed by atoms with Crippen LogP contribution >= 0.6 is 0 Å². The van der Waals surface area contributed by atoms with Crippen LogP contribution in [0.25, 0.3) is 0 Å². The maximum absolute atomic E-state index is 5.06. The van der Waals surface area contributed by atoms with Crippen molar-refractivity contribution >= 4 is 47.0 Å². The van der Waals surface area contributed by atoms with Gasteiger partial charge in [0, 0.05) is 31.0 Å². The van der Waals surface area contributed by atoms with E-state index in [1.165, 1.54) is 0 Å². The molecule has 0 atom stereocenters. The van der Waals surface area contributed by atoms with Crippen LogP contribution in [-0.2, 0) is 42.3 Å². The third-order valence-corrected chi connectivity index (χ3v) is 2.92. The zero-order valence-corrected chi connectivity index (χ0v) is 16.2. The fourth-order valence-corrected chi connectivity index (χ4v) is 1.86. The van der Waals surface area contributed by atoms with Gasteiger partial charge in [-0.3, -0.25) is 25.8 Å². The van der Waals surface area contributed by atoms with Gasteiger partial charge >= 0.3 is 17.1 Å². The topological polar surface area (TPSA) is 86.4 Å². The van der Waals surface area contributed by atoms with Crippen LogP contribution in [0.15, 0.2) is 44.7 Å². The fourth-order valence-electron chi connectivity index (χ4n) is 1.51. The Labute approximate surface area is 163 Å². The maximum Gasteiger partial charge on any atom is 2.00 e. The molecule has 0 fully saturated rings. The molecule has 1 heterocycles. The Balaban J connectivity index is 0.00000529. The Morgan fingerprint density at radius 1 is 1.00 bits per heavy atom. The Bertz CT molecular complexity index is 615. The Kier molecular flexibility index (Phi) is 11.9. The summed E-state index contributed by atoms with van der Waals surface area (Å²) in [5, 5.41) is 9.15. The minimum Gasteiger partial charge on any atom is -0.741 e. The number of hydrogen-bond donors (Lipinski definition) is 2. The minimum atomic E-state index is 0. The molecule has 24 heavy (non-hydrogen) atoms. The summed E-state index contributed by atoms with van der Waals surface area (Å²) in [6, 6.07) is 3.66. The average Bonchev–Trinajstić information content (AvgIpc) is 2.54. The number of nitrogens with zero attached hydrogens (tertiary/aromatic N) is 5. The van der Waals surface area contributed by atoms with Gasteiger partial charge in [-0.2, -0.15) is 10.2 Å². The number of hydrogen-bond acceptors (Lipinski definition) is 7. The second-order valence-electron chi connectivity index (χ2n) is 4.18. The quantitative estimate of drug-likeness (QED) is 0.241. The van der Waals surface area contributed by atoms with Gasteiger partial charge in [-0.1, -0.05) is 0 Å². The summed E-state index contributed by atoms with van der Waals surface area (Å²) in [4.78, 5) is 12.1. The van der Waals surface area contributed by atoms with Crippen LogP contribution in [0, 0.1) is 0 Å². The molecule has 0 saturated heterocycles. The van der Waals surface area contributed by atoms with Crippen LogP contribution in [0.4, 0.5) is 0 Å². The normalized spacial score (nSPS) is 13.3. The predicted octanol–water partition coefficient (Wildman–Crippen LogP) is 1.18. The van der Waals surface area contributed by atoms with E-state index in [0.29, 0.717) is 34.8 Å². The van der Waals surface area contributed by atoms with Crippen LogP contribution in [0.3, 0.4) is 0 Å². The number of amidine groups is 2. The molecule has 1 radical (unpaired) electrons. The minimum absolute atomic E-state index is 0. The van der Waals surface area contributed by atoms with Crippen LogP contribution in [-0.4, -0.2) is 39.8 Å². The smallest absolute Gasteiger partial charge is 0.741 e. The summed E-state index contributed by atoms with van der Waals surface area (Å²) in [6.45, 7) is 6.79. The van der Waals surface area contributed by atoms with Crippen LogP contribution in [0.2, 0.25) is 0 Å². The van der Waals surface area contributed by atoms with Crippen LogP contribution in [0.1, 0.15) is 26.3 Å². The molecule has 10 heteroatoms. The van der Waals surface area contributed by atoms with Crippen molar-refractivity contribution < 1.29 is 17.1 Å². The van der Waals surface area contributed by atoms with Crippen molar-refractivity contribution in [1.29, 1.82) is 0 Å². The van der Waals surface area contributed by atoms with Gasteiger partial charge in [0.2, 0.25) is 0 Å². The van der Waals surface area contributed by atoms with Gasteiger partial charge in [0.1, 0.15) is 5.71 Å². The number of rotatable bonds is 6. The van der Waals surface area contributed by atoms with Gasteiger partial charge in [-0.25, -0.2) is 0 Å². The van der Waals surface area contributed by atoms with Gasteiger partial charge < -0.3 is 25.3 Å². The summed E-state index contributed by atoms with van der Waals surface area (Å²) in [6.07, 6.45) is 3.36. The second-order valence-corrected chi connectivity index (χ2v) is 4.95. The summed E-state index contributed by atoms with van der Waals surface area (Å²) >= 11 is 10.1. The second kappa shape index (κ2) is 12.8. The van der Waals surface area contributed by atoms with E-state index in [1.54, 1.807) is 12.4 Å². The first kappa shape index (κ1) is 22.4. The van der Waals surface area contributed by atoms with E-state index in [9.17, 15) is 0 Å². The maximum atomic E-state index is 5.06. The summed E-state index contributed by atoms with van der Waals surface area (Å²) in [5.74, 6) is 0. The fraction of sp³-hybridized carbons (Fsp3) is 0.357. The summed E-state index contributed by atoms with van der Waals surface area (Å²) in [7, 11) is 0. The van der Waals surface area contributed by atoms with Gasteiger partial charge in [-0.05, 0) is 43.2 Å². The number of pyridine rings is 1. The van der Waals surface area contributed by atoms with Gasteiger partial charge in [0.05, 0.1) is 5.71 Å². The summed E-state index contributed by atoms with van der Waals surface area (Å²) in [5.41, 5.74) is 7.53. The summed E-state index contributed by atoms with van der Waals surface area (Å²) < 4.78 is 0. The van der Waals surface area contributed by atoms with Crippen molar-refractivity contribution in [1.82, 2.24) is 15.8 Å². The standard InChI is InChI=1S/C14H21N7S2.Cu/c1-4-16-13(22)20-18-10(3)12(11-6-8-15-9-7-11)19-21-14(23)17-5-2;/h6-9H,4-5H2,1-3H3,(H2,16,20,22)(H2,17,21,23);/q;+2/p-2/b18-10+,19-12-;. The Hall–Kier alpha value is -1.61. The Morgan fingerprint density at radius 3 is 2.00 bits per heavy atom. The van der Waals surface area contributed by atoms with Crippen molar-refractivity contribution in [3.63, 3.8) is 0 Å². The monoisotopic (exact) mass is 412 g/mol. The third-order valence-electron chi connectivity index (χ3n) is 2.48. The van der Waals surface area contributed by atoms with E-state index in [0.717, 1.165) is 5.56 Å². The van der Waals surface area contributed by atoms with E-state index in [2.05, 4.69) is 36.0 Å². The molecule has 1 rings (SSSR count). The zero-order valence-electron chi connectivity index (χ0n) is 13.6. The first-order valence-electron chi connectivity index (χ1n) is 7.06. The molecule has 133 valence electrons. The molecule has 1 aromatic heterocycles. The molecule has 0 unspecified atom stereocenters. The molecule has 0 aromatic carbocycles. The van der Waals surface area contributed by atoms with Gasteiger partial charge in [0.15, 0.2) is 0 Å². The molecule has 0 amide bonds. The molecule has 0 aliphatic heterocycles. The molecular weight excluding hydrogens is 394 g/mol. The van der Waals surface area contributed by atoms with E-state index in [-0.39, 0.29) is 17.1 Å². The van der Waals surface area contributed by atoms with Crippen molar-refractivity contribution in [3.05, 3.63) is 30.1 Å². The van der Waals surface area contributed by atoms with E-state index in [1.807, 2.05) is 32.9 Å². The zero-order chi connectivity index (χ0) is 17.1. The molecule has 2 N–H and O–H groups in total. The number of aromatic nitrogens is 1. The molecule has 1 aromatic rings. The molecule has 0 aliphatic carbocycles. The molecular formula is C14H19CuN7S2. The van der Waals surface area contributed by atoms with Gasteiger partial charge in [-0.15, -0.1) is 0 Å². The molecule has 0 saturated carbocycles. The van der Waals surface area contributed by atoms with Crippen molar-refractivity contribution in [2.24, 2.45) is 20.2 Å². The first-order chi connectivity index (χ1) is 11.1. The number of aliphatic imine (C=N–C) groups is 2. The van der Waals surface area contributed by atoms with Gasteiger partial charge in [0.25, 0.3) is 0 Å². The van der Waals surface area contributed by atoms with Crippen LogP contribution in [0.5, 0.6) is 0 Å². The molecule has 7 nitrogen and oxygen atoms in total. The van der Waals surface area contributed by atoms with E-state index in [4.69, 9.17) is 25.3 Å².